The maximum absolute atomic E-state index is 13.1. The third kappa shape index (κ3) is 6.11. The van der Waals surface area contributed by atoms with Crippen molar-refractivity contribution in [3.63, 3.8) is 0 Å². The van der Waals surface area contributed by atoms with Crippen molar-refractivity contribution < 1.29 is 22.3 Å². The zero-order chi connectivity index (χ0) is 20.0. The minimum absolute atomic E-state index is 0.0874. The number of anilines is 2. The van der Waals surface area contributed by atoms with Crippen molar-refractivity contribution in [1.82, 2.24) is 0 Å². The Morgan fingerprint density at radius 3 is 2.44 bits per heavy atom. The van der Waals surface area contributed by atoms with Gasteiger partial charge in [-0.05, 0) is 48.9 Å². The standard InChI is InChI=1S/C18H20ClFN2O4S/c1-26-15-8-6-14(7-9-15)22(27(2,24)25)11-3-4-18(23)21-13-5-10-17(20)16(19)12-13/h5-10,12H,3-4,11H2,1-2H3,(H,21,23). The van der Waals surface area contributed by atoms with E-state index in [0.717, 1.165) is 12.3 Å². The maximum atomic E-state index is 13.1. The second kappa shape index (κ2) is 9.05. The first-order valence-corrected chi connectivity index (χ1v) is 10.3. The van der Waals surface area contributed by atoms with E-state index in [4.69, 9.17) is 16.3 Å². The Balaban J connectivity index is 1.96. The third-order valence-electron chi connectivity index (χ3n) is 3.73. The molecular formula is C18H20ClFN2O4S. The molecular weight excluding hydrogens is 395 g/mol. The molecule has 0 unspecified atom stereocenters. The van der Waals surface area contributed by atoms with Crippen LogP contribution < -0.4 is 14.4 Å². The van der Waals surface area contributed by atoms with Gasteiger partial charge in [0.05, 0.1) is 24.1 Å². The number of benzene rings is 2. The van der Waals surface area contributed by atoms with E-state index in [-0.39, 0.29) is 23.9 Å². The van der Waals surface area contributed by atoms with Gasteiger partial charge in [0.1, 0.15) is 11.6 Å². The average molecular weight is 415 g/mol. The van der Waals surface area contributed by atoms with E-state index in [1.54, 1.807) is 24.3 Å². The molecule has 2 rings (SSSR count). The lowest BCUT2D eigenvalue weighted by atomic mass is 10.2. The number of hydrogen-bond acceptors (Lipinski definition) is 4. The molecule has 1 N–H and O–H groups in total. The van der Waals surface area contributed by atoms with Gasteiger partial charge in [-0.25, -0.2) is 12.8 Å². The van der Waals surface area contributed by atoms with E-state index < -0.39 is 15.8 Å². The van der Waals surface area contributed by atoms with Gasteiger partial charge in [-0.2, -0.15) is 0 Å². The first kappa shape index (κ1) is 21.0. The summed E-state index contributed by atoms with van der Waals surface area (Å²) in [5.74, 6) is -0.275. The molecule has 0 aromatic heterocycles. The number of sulfonamides is 1. The van der Waals surface area contributed by atoms with Gasteiger partial charge in [-0.3, -0.25) is 9.10 Å². The molecule has 0 atom stereocenters. The summed E-state index contributed by atoms with van der Waals surface area (Å²) < 4.78 is 43.6. The number of nitrogens with one attached hydrogen (secondary N) is 1. The number of rotatable bonds is 8. The van der Waals surface area contributed by atoms with Gasteiger partial charge in [-0.1, -0.05) is 11.6 Å². The Bertz CT molecular complexity index is 904. The number of methoxy groups -OCH3 is 1. The fraction of sp³-hybridized carbons (Fsp3) is 0.278. The summed E-state index contributed by atoms with van der Waals surface area (Å²) in [6.07, 6.45) is 1.51. The molecule has 0 aliphatic rings. The Morgan fingerprint density at radius 2 is 1.89 bits per heavy atom. The lowest BCUT2D eigenvalue weighted by Gasteiger charge is -2.22. The molecule has 2 aromatic rings. The van der Waals surface area contributed by atoms with Gasteiger partial charge in [0, 0.05) is 18.7 Å². The van der Waals surface area contributed by atoms with E-state index in [2.05, 4.69) is 5.32 Å². The predicted molar refractivity (Wildman–Crippen MR) is 104 cm³/mol. The summed E-state index contributed by atoms with van der Waals surface area (Å²) in [7, 11) is -1.98. The summed E-state index contributed by atoms with van der Waals surface area (Å²) in [5, 5.41) is 2.52. The number of nitrogens with zero attached hydrogens (tertiary/aromatic N) is 1. The highest BCUT2D eigenvalue weighted by molar-refractivity contribution is 7.92. The molecule has 0 fully saturated rings. The lowest BCUT2D eigenvalue weighted by molar-refractivity contribution is -0.116. The quantitative estimate of drug-likeness (QED) is 0.715. The molecule has 1 amide bonds. The Kier molecular flexibility index (Phi) is 7.04. The smallest absolute Gasteiger partial charge is 0.232 e. The molecule has 6 nitrogen and oxygen atoms in total. The van der Waals surface area contributed by atoms with E-state index in [9.17, 15) is 17.6 Å². The van der Waals surface area contributed by atoms with Crippen LogP contribution in [0.2, 0.25) is 5.02 Å². The van der Waals surface area contributed by atoms with Crippen LogP contribution in [-0.2, 0) is 14.8 Å². The van der Waals surface area contributed by atoms with Gasteiger partial charge >= 0.3 is 0 Å². The van der Waals surface area contributed by atoms with Crippen molar-refractivity contribution >= 4 is 38.9 Å². The summed E-state index contributed by atoms with van der Waals surface area (Å²) in [6, 6.07) is 10.5. The van der Waals surface area contributed by atoms with Gasteiger partial charge < -0.3 is 10.1 Å². The average Bonchev–Trinajstić information content (AvgIpc) is 2.61. The summed E-state index contributed by atoms with van der Waals surface area (Å²) in [4.78, 5) is 12.0. The van der Waals surface area contributed by atoms with Gasteiger partial charge in [0.2, 0.25) is 15.9 Å². The van der Waals surface area contributed by atoms with Gasteiger partial charge in [-0.15, -0.1) is 0 Å². The first-order valence-electron chi connectivity index (χ1n) is 8.07. The van der Waals surface area contributed by atoms with E-state index in [1.165, 1.54) is 23.5 Å². The zero-order valence-corrected chi connectivity index (χ0v) is 16.5. The Hall–Kier alpha value is -2.32. The predicted octanol–water partition coefficient (Wildman–Crippen LogP) is 3.67. The molecule has 0 bridgehead atoms. The van der Waals surface area contributed by atoms with Crippen LogP contribution in [0.1, 0.15) is 12.8 Å². The van der Waals surface area contributed by atoms with Crippen molar-refractivity contribution in [3.05, 3.63) is 53.3 Å². The molecule has 27 heavy (non-hydrogen) atoms. The molecule has 0 aliphatic carbocycles. The summed E-state index contributed by atoms with van der Waals surface area (Å²) >= 11 is 5.67. The number of amides is 1. The van der Waals surface area contributed by atoms with Crippen molar-refractivity contribution in [2.75, 3.05) is 29.5 Å². The number of halogens is 2. The first-order chi connectivity index (χ1) is 12.7. The van der Waals surface area contributed by atoms with E-state index >= 15 is 0 Å². The zero-order valence-electron chi connectivity index (χ0n) is 14.9. The van der Waals surface area contributed by atoms with Crippen LogP contribution in [0.4, 0.5) is 15.8 Å². The second-order valence-electron chi connectivity index (χ2n) is 5.81. The number of hydrogen-bond donors (Lipinski definition) is 1. The molecule has 0 saturated heterocycles. The fourth-order valence-electron chi connectivity index (χ4n) is 2.42. The Labute approximate surface area is 162 Å². The maximum Gasteiger partial charge on any atom is 0.232 e. The largest absolute Gasteiger partial charge is 0.497 e. The van der Waals surface area contributed by atoms with E-state index in [1.807, 2.05) is 0 Å². The van der Waals surface area contributed by atoms with Crippen LogP contribution in [0.3, 0.4) is 0 Å². The summed E-state index contributed by atoms with van der Waals surface area (Å²) in [6.45, 7) is 0.142. The number of carbonyl (C=O) groups excluding carboxylic acids is 1. The van der Waals surface area contributed by atoms with Crippen molar-refractivity contribution in [2.45, 2.75) is 12.8 Å². The van der Waals surface area contributed by atoms with Gasteiger partial charge in [0.25, 0.3) is 0 Å². The molecule has 0 heterocycles. The highest BCUT2D eigenvalue weighted by Gasteiger charge is 2.17. The molecule has 0 spiro atoms. The fourth-order valence-corrected chi connectivity index (χ4v) is 3.56. The molecule has 0 saturated carbocycles. The van der Waals surface area contributed by atoms with Crippen LogP contribution >= 0.6 is 11.6 Å². The molecule has 9 heteroatoms. The van der Waals surface area contributed by atoms with E-state index in [0.29, 0.717) is 23.5 Å². The molecule has 2 aromatic carbocycles. The van der Waals surface area contributed by atoms with Crippen LogP contribution in [0.15, 0.2) is 42.5 Å². The Morgan fingerprint density at radius 1 is 1.22 bits per heavy atom. The SMILES string of the molecule is COc1ccc(N(CCCC(=O)Nc2ccc(F)c(Cl)c2)S(C)(=O)=O)cc1. The van der Waals surface area contributed by atoms with Crippen molar-refractivity contribution in [1.29, 1.82) is 0 Å². The summed E-state index contributed by atoms with van der Waals surface area (Å²) in [5.41, 5.74) is 0.866. The minimum Gasteiger partial charge on any atom is -0.497 e. The normalized spacial score (nSPS) is 11.1. The molecule has 0 aliphatic heterocycles. The third-order valence-corrected chi connectivity index (χ3v) is 5.21. The monoisotopic (exact) mass is 414 g/mol. The topological polar surface area (TPSA) is 75.7 Å². The lowest BCUT2D eigenvalue weighted by Crippen LogP contribution is -2.31. The van der Waals surface area contributed by atoms with Crippen LogP contribution in [0.25, 0.3) is 0 Å². The second-order valence-corrected chi connectivity index (χ2v) is 8.13. The number of carbonyl (C=O) groups is 1. The van der Waals surface area contributed by atoms with Crippen LogP contribution in [-0.4, -0.2) is 34.2 Å². The van der Waals surface area contributed by atoms with Crippen LogP contribution in [0, 0.1) is 5.82 Å². The molecule has 0 radical (unpaired) electrons. The van der Waals surface area contributed by atoms with Gasteiger partial charge in [0.15, 0.2) is 0 Å². The van der Waals surface area contributed by atoms with Crippen molar-refractivity contribution in [3.8, 4) is 5.75 Å². The van der Waals surface area contributed by atoms with Crippen molar-refractivity contribution in [2.24, 2.45) is 0 Å². The van der Waals surface area contributed by atoms with Crippen LogP contribution in [0.5, 0.6) is 5.75 Å². The highest BCUT2D eigenvalue weighted by Crippen LogP contribution is 2.22. The highest BCUT2D eigenvalue weighted by atomic mass is 35.5. The number of ether oxygens (including phenoxy) is 1. The minimum atomic E-state index is -3.50. The molecule has 146 valence electrons.